The van der Waals surface area contributed by atoms with Crippen molar-refractivity contribution in [1.29, 1.82) is 0 Å². The van der Waals surface area contributed by atoms with Gasteiger partial charge in [0.25, 0.3) is 0 Å². The van der Waals surface area contributed by atoms with E-state index in [0.717, 1.165) is 14.5 Å². The standard InChI is InChI=1S/C13H15BrN2S2/c1-8-7-17-13(16-8)18-12(9(2)15)10-5-3-4-6-11(10)14/h3-7,9,12H,15H2,1-2H3. The smallest absolute Gasteiger partial charge is 0.150 e. The largest absolute Gasteiger partial charge is 0.327 e. The monoisotopic (exact) mass is 342 g/mol. The maximum Gasteiger partial charge on any atom is 0.150 e. The second-order valence-corrected chi connectivity index (χ2v) is 7.28. The number of halogens is 1. The van der Waals surface area contributed by atoms with Gasteiger partial charge in [-0.25, -0.2) is 4.98 Å². The third-order valence-electron chi connectivity index (χ3n) is 2.52. The van der Waals surface area contributed by atoms with Crippen molar-refractivity contribution in [3.05, 3.63) is 45.4 Å². The molecule has 2 atom stereocenters. The van der Waals surface area contributed by atoms with E-state index in [4.69, 9.17) is 5.73 Å². The molecule has 0 aliphatic carbocycles. The van der Waals surface area contributed by atoms with Crippen LogP contribution in [0.25, 0.3) is 0 Å². The highest BCUT2D eigenvalue weighted by Crippen LogP contribution is 2.41. The van der Waals surface area contributed by atoms with Crippen molar-refractivity contribution in [1.82, 2.24) is 4.98 Å². The van der Waals surface area contributed by atoms with Gasteiger partial charge in [0.15, 0.2) is 4.34 Å². The zero-order valence-electron chi connectivity index (χ0n) is 10.3. The normalized spacial score (nSPS) is 14.4. The average Bonchev–Trinajstić information content (AvgIpc) is 2.73. The second-order valence-electron chi connectivity index (χ2n) is 4.17. The lowest BCUT2D eigenvalue weighted by atomic mass is 10.1. The van der Waals surface area contributed by atoms with E-state index in [1.54, 1.807) is 23.1 Å². The Labute approximate surface area is 124 Å². The molecule has 2 N–H and O–H groups in total. The van der Waals surface area contributed by atoms with Gasteiger partial charge in [-0.05, 0) is 25.5 Å². The number of rotatable bonds is 4. The van der Waals surface area contributed by atoms with E-state index in [0.29, 0.717) is 0 Å². The molecule has 0 radical (unpaired) electrons. The summed E-state index contributed by atoms with van der Waals surface area (Å²) in [6.07, 6.45) is 0. The SMILES string of the molecule is Cc1csc(SC(c2ccccc2Br)C(C)N)n1. The molecule has 2 unspecified atom stereocenters. The predicted octanol–water partition coefficient (Wildman–Crippen LogP) is 4.39. The summed E-state index contributed by atoms with van der Waals surface area (Å²) in [5.41, 5.74) is 8.42. The van der Waals surface area contributed by atoms with Gasteiger partial charge < -0.3 is 5.73 Å². The summed E-state index contributed by atoms with van der Waals surface area (Å²) in [6, 6.07) is 8.30. The van der Waals surface area contributed by atoms with E-state index in [2.05, 4.69) is 38.4 Å². The number of benzene rings is 1. The summed E-state index contributed by atoms with van der Waals surface area (Å²) in [5.74, 6) is 0. The van der Waals surface area contributed by atoms with Gasteiger partial charge in [0.2, 0.25) is 0 Å². The molecule has 2 rings (SSSR count). The summed E-state index contributed by atoms with van der Waals surface area (Å²) < 4.78 is 2.18. The minimum absolute atomic E-state index is 0.0675. The fourth-order valence-electron chi connectivity index (χ4n) is 1.66. The van der Waals surface area contributed by atoms with Crippen LogP contribution in [0.15, 0.2) is 38.5 Å². The Bertz CT molecular complexity index is 525. The third-order valence-corrected chi connectivity index (χ3v) is 5.80. The minimum atomic E-state index is 0.0675. The number of hydrogen-bond donors (Lipinski definition) is 1. The summed E-state index contributed by atoms with van der Waals surface area (Å²) in [6.45, 7) is 4.05. The van der Waals surface area contributed by atoms with Crippen LogP contribution >= 0.6 is 39.0 Å². The van der Waals surface area contributed by atoms with E-state index >= 15 is 0 Å². The molecular formula is C13H15BrN2S2. The molecule has 0 saturated carbocycles. The molecule has 0 fully saturated rings. The van der Waals surface area contributed by atoms with Crippen LogP contribution in [-0.2, 0) is 0 Å². The molecular weight excluding hydrogens is 328 g/mol. The van der Waals surface area contributed by atoms with Gasteiger partial charge in [-0.1, -0.05) is 45.9 Å². The summed E-state index contributed by atoms with van der Waals surface area (Å²) in [7, 11) is 0. The van der Waals surface area contributed by atoms with Crippen LogP contribution in [0.3, 0.4) is 0 Å². The molecule has 0 aliphatic heterocycles. The molecule has 0 bridgehead atoms. The van der Waals surface area contributed by atoms with E-state index in [9.17, 15) is 0 Å². The van der Waals surface area contributed by atoms with Gasteiger partial charge in [-0.3, -0.25) is 0 Å². The lowest BCUT2D eigenvalue weighted by molar-refractivity contribution is 0.719. The van der Waals surface area contributed by atoms with Gasteiger partial charge in [0.1, 0.15) is 0 Å². The first-order chi connectivity index (χ1) is 8.58. The quantitative estimate of drug-likeness (QED) is 0.837. The third kappa shape index (κ3) is 3.35. The van der Waals surface area contributed by atoms with Crippen LogP contribution in [-0.4, -0.2) is 11.0 Å². The molecule has 0 saturated heterocycles. The van der Waals surface area contributed by atoms with Crippen molar-refractivity contribution in [2.45, 2.75) is 29.5 Å². The van der Waals surface area contributed by atoms with E-state index in [1.807, 2.05) is 26.0 Å². The van der Waals surface area contributed by atoms with Crippen molar-refractivity contribution in [2.24, 2.45) is 5.73 Å². The van der Waals surface area contributed by atoms with Crippen LogP contribution in [0.1, 0.15) is 23.4 Å². The first kappa shape index (κ1) is 14.1. The highest BCUT2D eigenvalue weighted by molar-refractivity contribution is 9.10. The Morgan fingerprint density at radius 1 is 1.39 bits per heavy atom. The second kappa shape index (κ2) is 6.19. The van der Waals surface area contributed by atoms with Crippen molar-refractivity contribution in [3.8, 4) is 0 Å². The van der Waals surface area contributed by atoms with Crippen LogP contribution in [0.4, 0.5) is 0 Å². The average molecular weight is 343 g/mol. The summed E-state index contributed by atoms with van der Waals surface area (Å²) in [5, 5.41) is 2.28. The predicted molar refractivity (Wildman–Crippen MR) is 83.2 cm³/mol. The van der Waals surface area contributed by atoms with Crippen molar-refractivity contribution >= 4 is 39.0 Å². The topological polar surface area (TPSA) is 38.9 Å². The van der Waals surface area contributed by atoms with Crippen LogP contribution < -0.4 is 5.73 Å². The first-order valence-corrected chi connectivity index (χ1v) is 8.22. The van der Waals surface area contributed by atoms with Gasteiger partial charge in [0, 0.05) is 21.6 Å². The molecule has 1 aromatic carbocycles. The van der Waals surface area contributed by atoms with Crippen LogP contribution in [0.2, 0.25) is 0 Å². The Kier molecular flexibility index (Phi) is 4.84. The van der Waals surface area contributed by atoms with Crippen molar-refractivity contribution in [2.75, 3.05) is 0 Å². The van der Waals surface area contributed by atoms with Gasteiger partial charge >= 0.3 is 0 Å². The first-order valence-electron chi connectivity index (χ1n) is 5.66. The van der Waals surface area contributed by atoms with E-state index in [1.165, 1.54) is 5.56 Å². The number of hydrogen-bond acceptors (Lipinski definition) is 4. The molecule has 5 heteroatoms. The molecule has 2 nitrogen and oxygen atoms in total. The highest BCUT2D eigenvalue weighted by Gasteiger charge is 2.21. The number of aromatic nitrogens is 1. The number of thioether (sulfide) groups is 1. The number of thiazole rings is 1. The molecule has 0 amide bonds. The van der Waals surface area contributed by atoms with E-state index in [-0.39, 0.29) is 11.3 Å². The lowest BCUT2D eigenvalue weighted by Gasteiger charge is -2.20. The minimum Gasteiger partial charge on any atom is -0.327 e. The number of nitrogens with two attached hydrogens (primary N) is 1. The Hall–Kier alpha value is -0.360. The number of nitrogens with zero attached hydrogens (tertiary/aromatic N) is 1. The molecule has 18 heavy (non-hydrogen) atoms. The molecule has 0 spiro atoms. The van der Waals surface area contributed by atoms with Crippen molar-refractivity contribution in [3.63, 3.8) is 0 Å². The van der Waals surface area contributed by atoms with Gasteiger partial charge in [0.05, 0.1) is 5.25 Å². The molecule has 0 aliphatic rings. The molecule has 1 heterocycles. The summed E-state index contributed by atoms with van der Waals surface area (Å²) >= 11 is 7.01. The molecule has 2 aromatic rings. The Morgan fingerprint density at radius 3 is 2.67 bits per heavy atom. The van der Waals surface area contributed by atoms with Gasteiger partial charge in [-0.15, -0.1) is 11.3 Å². The maximum absolute atomic E-state index is 6.13. The highest BCUT2D eigenvalue weighted by atomic mass is 79.9. The molecule has 96 valence electrons. The zero-order chi connectivity index (χ0) is 13.1. The Morgan fingerprint density at radius 2 is 2.11 bits per heavy atom. The van der Waals surface area contributed by atoms with E-state index < -0.39 is 0 Å². The fourth-order valence-corrected chi connectivity index (χ4v) is 4.50. The number of aryl methyl sites for hydroxylation is 1. The summed E-state index contributed by atoms with van der Waals surface area (Å²) in [4.78, 5) is 4.50. The van der Waals surface area contributed by atoms with Crippen LogP contribution in [0, 0.1) is 6.92 Å². The molecule has 1 aromatic heterocycles. The van der Waals surface area contributed by atoms with Crippen LogP contribution in [0.5, 0.6) is 0 Å². The van der Waals surface area contributed by atoms with Gasteiger partial charge in [-0.2, -0.15) is 0 Å². The lowest BCUT2D eigenvalue weighted by Crippen LogP contribution is -2.22. The maximum atomic E-state index is 6.13. The fraction of sp³-hybridized carbons (Fsp3) is 0.308. The Balaban J connectivity index is 2.27. The van der Waals surface area contributed by atoms with Crippen molar-refractivity contribution < 1.29 is 0 Å². The zero-order valence-corrected chi connectivity index (χ0v) is 13.5.